The van der Waals surface area contributed by atoms with Crippen molar-refractivity contribution in [2.75, 3.05) is 0 Å². The first-order chi connectivity index (χ1) is 7.38. The Hall–Kier alpha value is -0.170. The Morgan fingerprint density at radius 2 is 1.81 bits per heavy atom. The third-order valence-electron chi connectivity index (χ3n) is 4.07. The van der Waals surface area contributed by atoms with E-state index in [9.17, 15) is 13.5 Å². The molecule has 16 heavy (non-hydrogen) atoms. The van der Waals surface area contributed by atoms with Gasteiger partial charge < -0.3 is 10.8 Å². The molecule has 0 bridgehead atoms. The molecular weight excluding hydrogens is 230 g/mol. The fraction of sp³-hybridized carbons (Fsp3) is 1.00. The second kappa shape index (κ2) is 4.25. The molecule has 5 nitrogen and oxygen atoms in total. The number of hydrogen-bond donors (Lipinski definition) is 3. The molecule has 0 spiro atoms. The number of aliphatic hydroxyl groups is 1. The van der Waals surface area contributed by atoms with Crippen LogP contribution in [0.1, 0.15) is 32.1 Å². The average molecular weight is 249 g/mol. The van der Waals surface area contributed by atoms with Crippen LogP contribution in [0.15, 0.2) is 0 Å². The van der Waals surface area contributed by atoms with Crippen LogP contribution in [-0.2, 0) is 10.1 Å². The lowest BCUT2D eigenvalue weighted by atomic mass is 9.68. The van der Waals surface area contributed by atoms with Crippen molar-refractivity contribution in [3.8, 4) is 0 Å². The van der Waals surface area contributed by atoms with Crippen molar-refractivity contribution in [2.45, 2.75) is 49.5 Å². The maximum absolute atomic E-state index is 11.1. The molecule has 4 N–H and O–H groups in total. The van der Waals surface area contributed by atoms with Gasteiger partial charge in [0.05, 0.1) is 11.4 Å². The van der Waals surface area contributed by atoms with Gasteiger partial charge in [0.2, 0.25) is 0 Å². The molecule has 0 amide bonds. The van der Waals surface area contributed by atoms with E-state index in [1.165, 1.54) is 0 Å². The minimum absolute atomic E-state index is 0.105. The Balaban J connectivity index is 2.12. The molecule has 2 aliphatic rings. The van der Waals surface area contributed by atoms with Gasteiger partial charge in [0, 0.05) is 6.04 Å². The largest absolute Gasteiger partial charge is 0.393 e. The molecule has 2 aliphatic carbocycles. The lowest BCUT2D eigenvalue weighted by molar-refractivity contribution is 0.00706. The smallest absolute Gasteiger partial charge is 0.267 e. The summed E-state index contributed by atoms with van der Waals surface area (Å²) in [5.74, 6) is 0.303. The minimum atomic E-state index is -4.03. The van der Waals surface area contributed by atoms with E-state index in [-0.39, 0.29) is 24.3 Å². The highest BCUT2D eigenvalue weighted by atomic mass is 32.2. The lowest BCUT2D eigenvalue weighted by Crippen LogP contribution is -2.46. The van der Waals surface area contributed by atoms with E-state index < -0.39 is 21.5 Å². The third kappa shape index (κ3) is 2.40. The van der Waals surface area contributed by atoms with E-state index in [4.69, 9.17) is 10.3 Å². The first kappa shape index (κ1) is 12.3. The van der Waals surface area contributed by atoms with Gasteiger partial charge in [-0.05, 0) is 43.9 Å². The van der Waals surface area contributed by atoms with Gasteiger partial charge in [-0.3, -0.25) is 4.55 Å². The molecule has 2 fully saturated rings. The van der Waals surface area contributed by atoms with Crippen molar-refractivity contribution in [2.24, 2.45) is 17.6 Å². The minimum Gasteiger partial charge on any atom is -0.393 e. The highest BCUT2D eigenvalue weighted by Gasteiger charge is 2.43. The Labute approximate surface area is 95.8 Å². The Morgan fingerprint density at radius 3 is 2.44 bits per heavy atom. The molecular formula is C10H19NO4S. The fourth-order valence-electron chi connectivity index (χ4n) is 3.22. The normalized spacial score (nSPS) is 45.1. The van der Waals surface area contributed by atoms with E-state index in [1.807, 2.05) is 0 Å². The van der Waals surface area contributed by atoms with Crippen molar-refractivity contribution in [3.63, 3.8) is 0 Å². The Bertz CT molecular complexity index is 356. The molecule has 6 heteroatoms. The van der Waals surface area contributed by atoms with Crippen LogP contribution in [0.5, 0.6) is 0 Å². The van der Waals surface area contributed by atoms with Gasteiger partial charge in [0.25, 0.3) is 10.1 Å². The van der Waals surface area contributed by atoms with Gasteiger partial charge in [-0.15, -0.1) is 0 Å². The van der Waals surface area contributed by atoms with Crippen LogP contribution in [0, 0.1) is 11.8 Å². The summed E-state index contributed by atoms with van der Waals surface area (Å²) in [5.41, 5.74) is 5.85. The van der Waals surface area contributed by atoms with Gasteiger partial charge in [-0.1, -0.05) is 0 Å². The van der Waals surface area contributed by atoms with Crippen molar-refractivity contribution in [1.29, 1.82) is 0 Å². The monoisotopic (exact) mass is 249 g/mol. The van der Waals surface area contributed by atoms with Crippen molar-refractivity contribution >= 4 is 10.1 Å². The van der Waals surface area contributed by atoms with Crippen LogP contribution in [0.4, 0.5) is 0 Å². The van der Waals surface area contributed by atoms with Gasteiger partial charge in [-0.2, -0.15) is 8.42 Å². The number of nitrogens with two attached hydrogens (primary N) is 1. The summed E-state index contributed by atoms with van der Waals surface area (Å²) < 4.78 is 31.2. The second-order valence-electron chi connectivity index (χ2n) is 5.17. The summed E-state index contributed by atoms with van der Waals surface area (Å²) in [6.45, 7) is 0. The SMILES string of the molecule is NC1CCC2C(O)CC(S(=O)(=O)O)CC2C1. The molecule has 0 radical (unpaired) electrons. The predicted octanol–water partition coefficient (Wildman–Crippen LogP) is 0.141. The van der Waals surface area contributed by atoms with Gasteiger partial charge in [0.15, 0.2) is 0 Å². The summed E-state index contributed by atoms with van der Waals surface area (Å²) in [4.78, 5) is 0. The summed E-state index contributed by atoms with van der Waals surface area (Å²) >= 11 is 0. The second-order valence-corrected chi connectivity index (χ2v) is 6.87. The van der Waals surface area contributed by atoms with Crippen LogP contribution in [0.3, 0.4) is 0 Å². The molecule has 2 rings (SSSR count). The molecule has 0 aromatic carbocycles. The number of rotatable bonds is 1. The van der Waals surface area contributed by atoms with E-state index in [0.717, 1.165) is 19.3 Å². The molecule has 5 unspecified atom stereocenters. The Morgan fingerprint density at radius 1 is 1.12 bits per heavy atom. The Kier molecular flexibility index (Phi) is 3.27. The summed E-state index contributed by atoms with van der Waals surface area (Å²) in [7, 11) is -4.03. The van der Waals surface area contributed by atoms with Crippen LogP contribution in [0.25, 0.3) is 0 Å². The standard InChI is InChI=1S/C10H19NO4S/c11-7-1-2-9-6(3-7)4-8(5-10(9)12)16(13,14)15/h6-10,12H,1-5,11H2,(H,13,14,15). The quantitative estimate of drug-likeness (QED) is 0.574. The number of hydrogen-bond acceptors (Lipinski definition) is 4. The zero-order valence-electron chi connectivity index (χ0n) is 9.12. The maximum Gasteiger partial charge on any atom is 0.267 e. The van der Waals surface area contributed by atoms with Gasteiger partial charge in [0.1, 0.15) is 0 Å². The summed E-state index contributed by atoms with van der Waals surface area (Å²) in [5, 5.41) is 9.10. The van der Waals surface area contributed by atoms with Crippen molar-refractivity contribution < 1.29 is 18.1 Å². The molecule has 0 aromatic heterocycles. The summed E-state index contributed by atoms with van der Waals surface area (Å²) in [6.07, 6.45) is 2.51. The van der Waals surface area contributed by atoms with E-state index in [0.29, 0.717) is 6.42 Å². The van der Waals surface area contributed by atoms with E-state index in [1.54, 1.807) is 0 Å². The molecule has 94 valence electrons. The molecule has 2 saturated carbocycles. The molecule has 0 aliphatic heterocycles. The average Bonchev–Trinajstić information content (AvgIpc) is 2.15. The maximum atomic E-state index is 11.1. The lowest BCUT2D eigenvalue weighted by Gasteiger charge is -2.43. The first-order valence-electron chi connectivity index (χ1n) is 5.78. The number of aliphatic hydroxyl groups excluding tert-OH is 1. The van der Waals surface area contributed by atoms with Crippen molar-refractivity contribution in [3.05, 3.63) is 0 Å². The molecule has 5 atom stereocenters. The van der Waals surface area contributed by atoms with Crippen LogP contribution >= 0.6 is 0 Å². The summed E-state index contributed by atoms with van der Waals surface area (Å²) in [6, 6.07) is 0.105. The van der Waals surface area contributed by atoms with Crippen LogP contribution in [-0.4, -0.2) is 35.5 Å². The van der Waals surface area contributed by atoms with Gasteiger partial charge >= 0.3 is 0 Å². The van der Waals surface area contributed by atoms with E-state index in [2.05, 4.69) is 0 Å². The predicted molar refractivity (Wildman–Crippen MR) is 59.4 cm³/mol. The highest BCUT2D eigenvalue weighted by molar-refractivity contribution is 7.86. The van der Waals surface area contributed by atoms with Crippen LogP contribution in [0.2, 0.25) is 0 Å². The topological polar surface area (TPSA) is 101 Å². The molecule has 0 heterocycles. The van der Waals surface area contributed by atoms with Gasteiger partial charge in [-0.25, -0.2) is 0 Å². The zero-order chi connectivity index (χ0) is 11.9. The van der Waals surface area contributed by atoms with Crippen LogP contribution < -0.4 is 5.73 Å². The van der Waals surface area contributed by atoms with E-state index >= 15 is 0 Å². The zero-order valence-corrected chi connectivity index (χ0v) is 9.94. The first-order valence-corrected chi connectivity index (χ1v) is 7.28. The fourth-order valence-corrected chi connectivity index (χ4v) is 4.15. The third-order valence-corrected chi connectivity index (χ3v) is 5.29. The van der Waals surface area contributed by atoms with Crippen molar-refractivity contribution in [1.82, 2.24) is 0 Å². The molecule has 0 saturated heterocycles. The number of fused-ring (bicyclic) bond motifs is 1. The highest BCUT2D eigenvalue weighted by Crippen LogP contribution is 2.41. The molecule has 0 aromatic rings.